The predicted molar refractivity (Wildman–Crippen MR) is 92.4 cm³/mol. The SMILES string of the molecule is O=C1N=C(c2ccccc2)c2c(-c3ccc(F)cc3F)c(C3CC3)nn21. The smallest absolute Gasteiger partial charge is 0.244 e. The minimum atomic E-state index is -0.672. The lowest BCUT2D eigenvalue weighted by atomic mass is 9.96. The van der Waals surface area contributed by atoms with Crippen LogP contribution in [0.25, 0.3) is 11.1 Å². The number of benzene rings is 2. The molecule has 0 saturated heterocycles. The number of carbonyl (C=O) groups excluding carboxylic acids is 1. The van der Waals surface area contributed by atoms with Crippen LogP contribution in [-0.2, 0) is 0 Å². The lowest BCUT2D eigenvalue weighted by Gasteiger charge is -2.08. The lowest BCUT2D eigenvalue weighted by Crippen LogP contribution is -2.07. The number of halogens is 2. The molecule has 4 nitrogen and oxygen atoms in total. The monoisotopic (exact) mass is 349 g/mol. The second kappa shape index (κ2) is 5.42. The average molecular weight is 349 g/mol. The summed E-state index contributed by atoms with van der Waals surface area (Å²) in [5.41, 5.74) is 3.17. The first-order valence-corrected chi connectivity index (χ1v) is 8.40. The van der Waals surface area contributed by atoms with E-state index >= 15 is 0 Å². The van der Waals surface area contributed by atoms with Crippen molar-refractivity contribution in [2.24, 2.45) is 4.99 Å². The molecule has 1 aromatic heterocycles. The van der Waals surface area contributed by atoms with Crippen molar-refractivity contribution in [3.8, 4) is 11.1 Å². The van der Waals surface area contributed by atoms with E-state index < -0.39 is 17.7 Å². The number of fused-ring (bicyclic) bond motifs is 1. The van der Waals surface area contributed by atoms with Gasteiger partial charge in [0.2, 0.25) is 0 Å². The fourth-order valence-corrected chi connectivity index (χ4v) is 3.39. The Morgan fingerprint density at radius 3 is 2.50 bits per heavy atom. The normalized spacial score (nSPS) is 15.9. The summed E-state index contributed by atoms with van der Waals surface area (Å²) in [6, 6.07) is 12.2. The van der Waals surface area contributed by atoms with Gasteiger partial charge < -0.3 is 0 Å². The third kappa shape index (κ3) is 2.22. The van der Waals surface area contributed by atoms with Crippen LogP contribution in [0.5, 0.6) is 0 Å². The van der Waals surface area contributed by atoms with Gasteiger partial charge in [-0.15, -0.1) is 0 Å². The zero-order chi connectivity index (χ0) is 17.8. The maximum absolute atomic E-state index is 14.6. The number of hydrogen-bond acceptors (Lipinski definition) is 2. The average Bonchev–Trinajstić information content (AvgIpc) is 3.33. The van der Waals surface area contributed by atoms with E-state index in [0.717, 1.165) is 24.5 Å². The van der Waals surface area contributed by atoms with Crippen LogP contribution in [0.1, 0.15) is 35.7 Å². The van der Waals surface area contributed by atoms with Crippen molar-refractivity contribution in [2.45, 2.75) is 18.8 Å². The van der Waals surface area contributed by atoms with Gasteiger partial charge in [-0.3, -0.25) is 0 Å². The topological polar surface area (TPSA) is 47.2 Å². The van der Waals surface area contributed by atoms with Gasteiger partial charge in [-0.25, -0.2) is 13.6 Å². The van der Waals surface area contributed by atoms with E-state index in [-0.39, 0.29) is 11.5 Å². The highest BCUT2D eigenvalue weighted by Gasteiger charge is 2.38. The molecule has 26 heavy (non-hydrogen) atoms. The highest BCUT2D eigenvalue weighted by atomic mass is 19.1. The third-order valence-electron chi connectivity index (χ3n) is 4.74. The van der Waals surface area contributed by atoms with Crippen LogP contribution in [0.2, 0.25) is 0 Å². The molecule has 1 aliphatic heterocycles. The number of amides is 1. The molecule has 2 aromatic carbocycles. The molecule has 0 spiro atoms. The van der Waals surface area contributed by atoms with Crippen molar-refractivity contribution < 1.29 is 13.6 Å². The van der Waals surface area contributed by atoms with Crippen molar-refractivity contribution in [1.29, 1.82) is 0 Å². The fraction of sp³-hybridized carbons (Fsp3) is 0.150. The summed E-state index contributed by atoms with van der Waals surface area (Å²) in [4.78, 5) is 16.5. The molecular weight excluding hydrogens is 336 g/mol. The van der Waals surface area contributed by atoms with Crippen LogP contribution < -0.4 is 0 Å². The Hall–Kier alpha value is -3.15. The molecule has 2 aliphatic rings. The summed E-state index contributed by atoms with van der Waals surface area (Å²) < 4.78 is 29.2. The summed E-state index contributed by atoms with van der Waals surface area (Å²) in [6.45, 7) is 0. The molecule has 0 atom stereocenters. The molecule has 1 amide bonds. The van der Waals surface area contributed by atoms with Gasteiger partial charge in [-0.1, -0.05) is 30.3 Å². The van der Waals surface area contributed by atoms with Gasteiger partial charge in [0.05, 0.1) is 5.69 Å². The summed E-state index contributed by atoms with van der Waals surface area (Å²) in [7, 11) is 0. The zero-order valence-electron chi connectivity index (χ0n) is 13.6. The van der Waals surface area contributed by atoms with Crippen molar-refractivity contribution in [3.05, 3.63) is 77.1 Å². The first kappa shape index (κ1) is 15.1. The Labute approximate surface area is 147 Å². The Balaban J connectivity index is 1.79. The van der Waals surface area contributed by atoms with Crippen LogP contribution >= 0.6 is 0 Å². The molecule has 6 heteroatoms. The number of hydrogen-bond donors (Lipinski definition) is 0. The molecule has 1 fully saturated rings. The molecule has 0 bridgehead atoms. The molecule has 0 N–H and O–H groups in total. The third-order valence-corrected chi connectivity index (χ3v) is 4.74. The highest BCUT2D eigenvalue weighted by Crippen LogP contribution is 2.46. The Bertz CT molecular complexity index is 1080. The number of nitrogens with zero attached hydrogens (tertiary/aromatic N) is 3. The molecule has 1 saturated carbocycles. The largest absolute Gasteiger partial charge is 0.369 e. The Morgan fingerprint density at radius 2 is 1.81 bits per heavy atom. The summed E-state index contributed by atoms with van der Waals surface area (Å²) in [5, 5.41) is 4.44. The minimum absolute atomic E-state index is 0.192. The van der Waals surface area contributed by atoms with E-state index in [1.165, 1.54) is 16.8 Å². The van der Waals surface area contributed by atoms with Crippen molar-refractivity contribution in [1.82, 2.24) is 9.78 Å². The quantitative estimate of drug-likeness (QED) is 0.698. The van der Waals surface area contributed by atoms with Crippen LogP contribution in [0.15, 0.2) is 53.5 Å². The Kier molecular flexibility index (Phi) is 3.16. The fourth-order valence-electron chi connectivity index (χ4n) is 3.39. The first-order chi connectivity index (χ1) is 12.6. The molecule has 5 rings (SSSR count). The van der Waals surface area contributed by atoms with Gasteiger partial charge in [0.1, 0.15) is 23.0 Å². The van der Waals surface area contributed by atoms with E-state index in [0.29, 0.717) is 22.7 Å². The van der Waals surface area contributed by atoms with Crippen LogP contribution in [0.3, 0.4) is 0 Å². The van der Waals surface area contributed by atoms with Crippen LogP contribution in [0.4, 0.5) is 13.6 Å². The number of rotatable bonds is 3. The van der Waals surface area contributed by atoms with Crippen LogP contribution in [-0.4, -0.2) is 21.5 Å². The molecule has 2 heterocycles. The van der Waals surface area contributed by atoms with Gasteiger partial charge in [0.25, 0.3) is 0 Å². The number of aromatic nitrogens is 2. The van der Waals surface area contributed by atoms with Crippen LogP contribution in [0, 0.1) is 11.6 Å². The lowest BCUT2D eigenvalue weighted by molar-refractivity contribution is 0.249. The van der Waals surface area contributed by atoms with Gasteiger partial charge in [0.15, 0.2) is 0 Å². The second-order valence-corrected chi connectivity index (χ2v) is 6.53. The summed E-state index contributed by atoms with van der Waals surface area (Å²) in [5.74, 6) is -1.12. The highest BCUT2D eigenvalue weighted by molar-refractivity contribution is 6.23. The van der Waals surface area contributed by atoms with E-state index in [1.54, 1.807) is 0 Å². The van der Waals surface area contributed by atoms with E-state index in [2.05, 4.69) is 10.1 Å². The maximum Gasteiger partial charge on any atom is 0.369 e. The van der Waals surface area contributed by atoms with Gasteiger partial charge >= 0.3 is 6.03 Å². The number of carbonyl (C=O) groups is 1. The van der Waals surface area contributed by atoms with Gasteiger partial charge in [-0.05, 0) is 25.0 Å². The van der Waals surface area contributed by atoms with Crippen molar-refractivity contribution >= 4 is 11.7 Å². The van der Waals surface area contributed by atoms with Gasteiger partial charge in [-0.2, -0.15) is 14.8 Å². The molecular formula is C20H13F2N3O. The minimum Gasteiger partial charge on any atom is -0.244 e. The molecule has 128 valence electrons. The standard InChI is InChI=1S/C20H13F2N3O/c21-13-8-9-14(15(22)10-13)16-17(12-6-7-12)24-25-19(16)18(23-20(25)26)11-4-2-1-3-5-11/h1-5,8-10,12H,6-7H2. The van der Waals surface area contributed by atoms with Crippen molar-refractivity contribution in [3.63, 3.8) is 0 Å². The number of aliphatic imine (C=N–C) groups is 1. The van der Waals surface area contributed by atoms with Gasteiger partial charge in [0, 0.05) is 28.7 Å². The first-order valence-electron chi connectivity index (χ1n) is 8.40. The van der Waals surface area contributed by atoms with Crippen molar-refractivity contribution in [2.75, 3.05) is 0 Å². The zero-order valence-corrected chi connectivity index (χ0v) is 13.6. The molecule has 0 unspecified atom stereocenters. The molecule has 1 aliphatic carbocycles. The maximum atomic E-state index is 14.6. The van der Waals surface area contributed by atoms with E-state index in [4.69, 9.17) is 0 Å². The Morgan fingerprint density at radius 1 is 1.04 bits per heavy atom. The van der Waals surface area contributed by atoms with E-state index in [9.17, 15) is 13.6 Å². The molecule has 0 radical (unpaired) electrons. The second-order valence-electron chi connectivity index (χ2n) is 6.53. The predicted octanol–water partition coefficient (Wildman–Crippen LogP) is 4.52. The summed E-state index contributed by atoms with van der Waals surface area (Å²) >= 11 is 0. The molecule has 3 aromatic rings. The van der Waals surface area contributed by atoms with E-state index in [1.807, 2.05) is 30.3 Å². The summed E-state index contributed by atoms with van der Waals surface area (Å²) in [6.07, 6.45) is 1.89.